The average molecular weight is 193 g/mol. The standard InChI is InChI=1S/C8H7N3OS/c9-8(13)11-7-3-6(12)2-1-5(7)4-10-11/h1-4,12H,(H2,9,13). The molecule has 0 aliphatic carbocycles. The van der Waals surface area contributed by atoms with Crippen LogP contribution in [0.3, 0.4) is 0 Å². The minimum Gasteiger partial charge on any atom is -0.508 e. The molecule has 0 atom stereocenters. The van der Waals surface area contributed by atoms with E-state index in [1.165, 1.54) is 4.68 Å². The van der Waals surface area contributed by atoms with Gasteiger partial charge in [0.05, 0.1) is 11.7 Å². The minimum absolute atomic E-state index is 0.167. The van der Waals surface area contributed by atoms with Crippen molar-refractivity contribution in [2.75, 3.05) is 0 Å². The van der Waals surface area contributed by atoms with Gasteiger partial charge in [0.1, 0.15) is 5.75 Å². The molecule has 1 heterocycles. The molecule has 2 rings (SSSR count). The normalized spacial score (nSPS) is 10.5. The predicted octanol–water partition coefficient (Wildman–Crippen LogP) is 0.834. The lowest BCUT2D eigenvalue weighted by Gasteiger charge is -1.98. The van der Waals surface area contributed by atoms with Crippen LogP contribution in [0.1, 0.15) is 0 Å². The maximum Gasteiger partial charge on any atom is 0.191 e. The lowest BCUT2D eigenvalue weighted by molar-refractivity contribution is 0.476. The number of aromatic hydroxyl groups is 1. The van der Waals surface area contributed by atoms with Crippen LogP contribution in [-0.4, -0.2) is 20.0 Å². The third-order valence-corrected chi connectivity index (χ3v) is 1.94. The predicted molar refractivity (Wildman–Crippen MR) is 53.6 cm³/mol. The Labute approximate surface area is 79.6 Å². The van der Waals surface area contributed by atoms with E-state index < -0.39 is 0 Å². The summed E-state index contributed by atoms with van der Waals surface area (Å²) >= 11 is 4.78. The highest BCUT2D eigenvalue weighted by molar-refractivity contribution is 7.80. The summed E-state index contributed by atoms with van der Waals surface area (Å²) in [5, 5.41) is 14.3. The Morgan fingerprint density at radius 2 is 2.31 bits per heavy atom. The number of nitrogens with zero attached hydrogens (tertiary/aromatic N) is 2. The van der Waals surface area contributed by atoms with Crippen LogP contribution >= 0.6 is 12.2 Å². The van der Waals surface area contributed by atoms with Crippen molar-refractivity contribution in [3.63, 3.8) is 0 Å². The molecule has 0 saturated heterocycles. The largest absolute Gasteiger partial charge is 0.508 e. The fourth-order valence-corrected chi connectivity index (χ4v) is 1.33. The van der Waals surface area contributed by atoms with Crippen LogP contribution in [0, 0.1) is 0 Å². The molecule has 2 aromatic rings. The van der Waals surface area contributed by atoms with Gasteiger partial charge in [0.15, 0.2) is 5.11 Å². The molecule has 1 aromatic heterocycles. The van der Waals surface area contributed by atoms with Gasteiger partial charge < -0.3 is 10.8 Å². The minimum atomic E-state index is 0.167. The first-order valence-electron chi connectivity index (χ1n) is 3.65. The summed E-state index contributed by atoms with van der Waals surface area (Å²) < 4.78 is 1.41. The molecular formula is C8H7N3OS. The Balaban J connectivity index is 2.79. The summed E-state index contributed by atoms with van der Waals surface area (Å²) in [5.41, 5.74) is 6.14. The van der Waals surface area contributed by atoms with E-state index in [1.54, 1.807) is 24.4 Å². The molecule has 0 amide bonds. The zero-order valence-electron chi connectivity index (χ0n) is 6.64. The van der Waals surface area contributed by atoms with Crippen LogP contribution < -0.4 is 5.73 Å². The Bertz CT molecular complexity index is 477. The van der Waals surface area contributed by atoms with Gasteiger partial charge in [0.2, 0.25) is 0 Å². The number of phenolic OH excluding ortho intramolecular Hbond substituents is 1. The fourth-order valence-electron chi connectivity index (χ4n) is 1.18. The fraction of sp³-hybridized carbons (Fsp3) is 0. The Kier molecular flexibility index (Phi) is 1.66. The van der Waals surface area contributed by atoms with E-state index in [2.05, 4.69) is 5.10 Å². The van der Waals surface area contributed by atoms with E-state index in [-0.39, 0.29) is 10.9 Å². The van der Waals surface area contributed by atoms with Crippen LogP contribution in [0.2, 0.25) is 0 Å². The van der Waals surface area contributed by atoms with Crippen molar-refractivity contribution in [2.45, 2.75) is 0 Å². The zero-order valence-corrected chi connectivity index (χ0v) is 7.45. The molecule has 0 fully saturated rings. The summed E-state index contributed by atoms with van der Waals surface area (Å²) in [6.45, 7) is 0. The maximum atomic E-state index is 9.23. The van der Waals surface area contributed by atoms with Crippen molar-refractivity contribution in [1.82, 2.24) is 9.78 Å². The maximum absolute atomic E-state index is 9.23. The molecule has 0 saturated carbocycles. The van der Waals surface area contributed by atoms with E-state index in [0.29, 0.717) is 5.52 Å². The van der Waals surface area contributed by atoms with Crippen LogP contribution in [0.25, 0.3) is 10.9 Å². The van der Waals surface area contributed by atoms with Crippen LogP contribution in [0.4, 0.5) is 0 Å². The molecule has 4 nitrogen and oxygen atoms in total. The van der Waals surface area contributed by atoms with Crippen molar-refractivity contribution in [1.29, 1.82) is 0 Å². The molecule has 5 heteroatoms. The molecule has 1 aromatic carbocycles. The lowest BCUT2D eigenvalue weighted by atomic mass is 10.2. The van der Waals surface area contributed by atoms with Gasteiger partial charge in [-0.1, -0.05) is 0 Å². The lowest BCUT2D eigenvalue weighted by Crippen LogP contribution is -2.19. The van der Waals surface area contributed by atoms with E-state index in [9.17, 15) is 5.11 Å². The second-order valence-corrected chi connectivity index (χ2v) is 3.06. The summed E-state index contributed by atoms with van der Waals surface area (Å²) in [6.07, 6.45) is 1.65. The highest BCUT2D eigenvalue weighted by Crippen LogP contribution is 2.18. The van der Waals surface area contributed by atoms with E-state index in [4.69, 9.17) is 18.0 Å². The number of hydrogen-bond donors (Lipinski definition) is 2. The molecular weight excluding hydrogens is 186 g/mol. The molecule has 0 aliphatic heterocycles. The second-order valence-electron chi connectivity index (χ2n) is 2.64. The topological polar surface area (TPSA) is 64.1 Å². The van der Waals surface area contributed by atoms with Crippen LogP contribution in [-0.2, 0) is 0 Å². The summed E-state index contributed by atoms with van der Waals surface area (Å²) in [4.78, 5) is 0. The smallest absolute Gasteiger partial charge is 0.191 e. The van der Waals surface area contributed by atoms with E-state index in [1.807, 2.05) is 0 Å². The first-order chi connectivity index (χ1) is 6.18. The van der Waals surface area contributed by atoms with Crippen molar-refractivity contribution < 1.29 is 5.11 Å². The number of phenols is 1. The zero-order chi connectivity index (χ0) is 9.42. The number of nitrogens with two attached hydrogens (primary N) is 1. The van der Waals surface area contributed by atoms with E-state index in [0.717, 1.165) is 5.39 Å². The first kappa shape index (κ1) is 8.00. The highest BCUT2D eigenvalue weighted by atomic mass is 32.1. The highest BCUT2D eigenvalue weighted by Gasteiger charge is 2.04. The first-order valence-corrected chi connectivity index (χ1v) is 4.06. The van der Waals surface area contributed by atoms with Crippen molar-refractivity contribution in [3.05, 3.63) is 24.4 Å². The summed E-state index contributed by atoms with van der Waals surface area (Å²) in [7, 11) is 0. The summed E-state index contributed by atoms with van der Waals surface area (Å²) in [6, 6.07) is 4.92. The average Bonchev–Trinajstić information content (AvgIpc) is 2.46. The van der Waals surface area contributed by atoms with Crippen molar-refractivity contribution in [2.24, 2.45) is 5.73 Å². The quantitative estimate of drug-likeness (QED) is 0.608. The van der Waals surface area contributed by atoms with Gasteiger partial charge in [-0.3, -0.25) is 0 Å². The number of benzene rings is 1. The number of thiocarbonyl (C=S) groups is 1. The van der Waals surface area contributed by atoms with Gasteiger partial charge in [-0.2, -0.15) is 5.10 Å². The summed E-state index contributed by atoms with van der Waals surface area (Å²) in [5.74, 6) is 0.172. The molecule has 0 spiro atoms. The molecule has 0 bridgehead atoms. The third kappa shape index (κ3) is 1.23. The van der Waals surface area contributed by atoms with Gasteiger partial charge in [-0.05, 0) is 24.4 Å². The monoisotopic (exact) mass is 193 g/mol. The molecule has 3 N–H and O–H groups in total. The molecule has 0 aliphatic rings. The molecule has 13 heavy (non-hydrogen) atoms. The molecule has 66 valence electrons. The van der Waals surface area contributed by atoms with Gasteiger partial charge >= 0.3 is 0 Å². The van der Waals surface area contributed by atoms with Crippen LogP contribution in [0.5, 0.6) is 5.75 Å². The third-order valence-electron chi connectivity index (χ3n) is 1.76. The van der Waals surface area contributed by atoms with Gasteiger partial charge in [0.25, 0.3) is 0 Å². The van der Waals surface area contributed by atoms with Gasteiger partial charge in [0, 0.05) is 11.5 Å². The SMILES string of the molecule is NC(=S)n1ncc2ccc(O)cc21. The van der Waals surface area contributed by atoms with Gasteiger partial charge in [-0.25, -0.2) is 4.68 Å². The second kappa shape index (κ2) is 2.70. The number of aromatic nitrogens is 2. The number of hydrogen-bond acceptors (Lipinski definition) is 3. The van der Waals surface area contributed by atoms with E-state index >= 15 is 0 Å². The Hall–Kier alpha value is -1.62. The molecule has 0 radical (unpaired) electrons. The molecule has 0 unspecified atom stereocenters. The number of fused-ring (bicyclic) bond motifs is 1. The number of rotatable bonds is 0. The Morgan fingerprint density at radius 1 is 1.54 bits per heavy atom. The van der Waals surface area contributed by atoms with Gasteiger partial charge in [-0.15, -0.1) is 0 Å². The van der Waals surface area contributed by atoms with Crippen molar-refractivity contribution in [3.8, 4) is 5.75 Å². The Morgan fingerprint density at radius 3 is 3.00 bits per heavy atom. The van der Waals surface area contributed by atoms with Crippen molar-refractivity contribution >= 4 is 28.2 Å². The van der Waals surface area contributed by atoms with Crippen LogP contribution in [0.15, 0.2) is 24.4 Å².